The quantitative estimate of drug-likeness (QED) is 0.143. The van der Waals surface area contributed by atoms with Crippen LogP contribution in [0.3, 0.4) is 0 Å². The van der Waals surface area contributed by atoms with Crippen LogP contribution in [0.1, 0.15) is 65.9 Å². The maximum Gasteiger partial charge on any atom is 0.461 e. The highest BCUT2D eigenvalue weighted by Crippen LogP contribution is 2.40. The number of rotatable bonds is 12. The summed E-state index contributed by atoms with van der Waals surface area (Å²) in [6.07, 6.45) is -15.8. The van der Waals surface area contributed by atoms with Crippen molar-refractivity contribution in [3.05, 3.63) is 130 Å². The average molecular weight is 732 g/mol. The minimum absolute atomic E-state index is 0.144. The predicted molar refractivity (Wildman–Crippen MR) is 165 cm³/mol. The third kappa shape index (κ3) is 9.12. The topological polar surface area (TPSA) is 67.8 Å². The van der Waals surface area contributed by atoms with Gasteiger partial charge < -0.3 is 19.9 Å². The van der Waals surface area contributed by atoms with Crippen LogP contribution in [0.15, 0.2) is 78.9 Å². The summed E-state index contributed by atoms with van der Waals surface area (Å²) in [5.41, 5.74) is -6.05. The van der Waals surface area contributed by atoms with Crippen molar-refractivity contribution < 1.29 is 63.3 Å². The number of aliphatic hydroxyl groups is 1. The fraction of sp³-hybridized carbons (Fsp3) is 0.306. The maximum atomic E-state index is 15.3. The molecule has 274 valence electrons. The number of carbonyl (C=O) groups excluding carboxylic acids is 1. The summed E-state index contributed by atoms with van der Waals surface area (Å²) in [6, 6.07) is 12.1. The van der Waals surface area contributed by atoms with E-state index in [-0.39, 0.29) is 17.2 Å². The molecule has 0 saturated carbocycles. The molecule has 0 aliphatic carbocycles. The second-order valence-corrected chi connectivity index (χ2v) is 12.4. The number of halogens is 10. The summed E-state index contributed by atoms with van der Waals surface area (Å²) < 4.78 is 149. The van der Waals surface area contributed by atoms with Crippen LogP contribution in [-0.4, -0.2) is 29.7 Å². The number of alkyl halides is 7. The third-order valence-corrected chi connectivity index (χ3v) is 7.65. The molecule has 0 aliphatic rings. The largest absolute Gasteiger partial charge is 0.488 e. The van der Waals surface area contributed by atoms with Crippen LogP contribution in [0, 0.1) is 17.5 Å². The Morgan fingerprint density at radius 2 is 1.39 bits per heavy atom. The molecule has 0 radical (unpaired) electrons. The van der Waals surface area contributed by atoms with Crippen LogP contribution in [0.25, 0.3) is 0 Å². The van der Waals surface area contributed by atoms with E-state index in [0.29, 0.717) is 23.8 Å². The monoisotopic (exact) mass is 731 g/mol. The Hall–Kier alpha value is -4.79. The normalized spacial score (nSPS) is 13.7. The van der Waals surface area contributed by atoms with Crippen molar-refractivity contribution in [2.75, 3.05) is 0 Å². The Morgan fingerprint density at radius 1 is 0.784 bits per heavy atom. The Bertz CT molecular complexity index is 1870. The van der Waals surface area contributed by atoms with Gasteiger partial charge in [-0.2, -0.15) is 30.7 Å². The Morgan fingerprint density at radius 3 is 1.96 bits per heavy atom. The first kappa shape index (κ1) is 39.0. The van der Waals surface area contributed by atoms with Crippen LogP contribution >= 0.6 is 0 Å². The van der Waals surface area contributed by atoms with E-state index in [9.17, 15) is 45.0 Å². The summed E-state index contributed by atoms with van der Waals surface area (Å²) in [6.45, 7) is 6.08. The zero-order chi connectivity index (χ0) is 38.1. The van der Waals surface area contributed by atoms with Gasteiger partial charge in [0.2, 0.25) is 0 Å². The van der Waals surface area contributed by atoms with E-state index in [1.165, 1.54) is 38.1 Å². The van der Waals surface area contributed by atoms with Crippen molar-refractivity contribution in [1.29, 1.82) is 0 Å². The molecule has 4 aromatic carbocycles. The van der Waals surface area contributed by atoms with Crippen molar-refractivity contribution in [2.24, 2.45) is 0 Å². The molecule has 0 aromatic heterocycles. The number of hydrogen-bond acceptors (Lipinski definition) is 4. The summed E-state index contributed by atoms with van der Waals surface area (Å²) in [5.74, 6) is -6.79. The molecule has 0 saturated heterocycles. The number of carbonyl (C=O) groups is 1. The molecule has 1 atom stereocenters. The molecule has 5 nitrogen and oxygen atoms in total. The molecule has 0 heterocycles. The first-order chi connectivity index (χ1) is 23.5. The lowest BCUT2D eigenvalue weighted by molar-refractivity contribution is -0.253. The van der Waals surface area contributed by atoms with E-state index in [0.717, 1.165) is 30.3 Å². The van der Waals surface area contributed by atoms with Gasteiger partial charge in [0.15, 0.2) is 11.6 Å². The smallest absolute Gasteiger partial charge is 0.461 e. The lowest BCUT2D eigenvalue weighted by Gasteiger charge is -2.37. The summed E-state index contributed by atoms with van der Waals surface area (Å²) >= 11 is 0. The SMILES string of the molecule is CC(C)Oc1cc(C(Cc2ccc(C(C)(C)O)cc2)(NC(=O)c2ccc(F)c(C(F)(F)F)c2)c2cc(F)cc(OC(F)(F)C(F)F)c2)ccc1F. The second-order valence-electron chi connectivity index (χ2n) is 12.4. The molecule has 1 amide bonds. The van der Waals surface area contributed by atoms with E-state index >= 15 is 8.78 Å². The fourth-order valence-electron chi connectivity index (χ4n) is 5.23. The highest BCUT2D eigenvalue weighted by atomic mass is 19.4. The van der Waals surface area contributed by atoms with Crippen molar-refractivity contribution in [3.8, 4) is 11.5 Å². The molecular weight excluding hydrogens is 700 g/mol. The Labute approximate surface area is 285 Å². The first-order valence-corrected chi connectivity index (χ1v) is 15.2. The lowest BCUT2D eigenvalue weighted by Crippen LogP contribution is -2.49. The second kappa shape index (κ2) is 14.4. The number of ether oxygens (including phenoxy) is 2. The Balaban J connectivity index is 2.05. The molecule has 0 fully saturated rings. The van der Waals surface area contributed by atoms with Gasteiger partial charge in [-0.1, -0.05) is 30.3 Å². The molecule has 51 heavy (non-hydrogen) atoms. The Kier molecular flexibility index (Phi) is 11.0. The minimum atomic E-state index is -5.23. The fourth-order valence-corrected chi connectivity index (χ4v) is 5.23. The van der Waals surface area contributed by atoms with Crippen molar-refractivity contribution in [1.82, 2.24) is 5.32 Å². The van der Waals surface area contributed by atoms with Crippen LogP contribution in [0.5, 0.6) is 11.5 Å². The van der Waals surface area contributed by atoms with Gasteiger partial charge in [-0.05, 0) is 92.4 Å². The molecule has 4 aromatic rings. The highest BCUT2D eigenvalue weighted by molar-refractivity contribution is 5.95. The summed E-state index contributed by atoms with van der Waals surface area (Å²) in [7, 11) is 0. The van der Waals surface area contributed by atoms with Gasteiger partial charge >= 0.3 is 18.7 Å². The highest BCUT2D eigenvalue weighted by Gasteiger charge is 2.45. The minimum Gasteiger partial charge on any atom is -0.488 e. The zero-order valence-corrected chi connectivity index (χ0v) is 27.3. The summed E-state index contributed by atoms with van der Waals surface area (Å²) in [5, 5.41) is 12.9. The van der Waals surface area contributed by atoms with Crippen LogP contribution in [0.4, 0.5) is 43.9 Å². The van der Waals surface area contributed by atoms with Crippen molar-refractivity contribution in [2.45, 2.75) is 70.1 Å². The standard InChI is InChI=1S/C36H31F10NO4/c1-19(2)50-30-16-23(10-12-29(30)39)34(18-20-5-8-22(9-6-20)33(3,4)49,24-14-25(37)17-26(15-24)51-36(45,46)32(40)41)47-31(48)21-7-11-28(38)27(13-21)35(42,43)44/h5-17,19,32,49H,18H2,1-4H3,(H,47,48). The maximum absolute atomic E-state index is 15.3. The van der Waals surface area contributed by atoms with Gasteiger partial charge in [-0.25, -0.2) is 13.2 Å². The molecule has 0 bridgehead atoms. The summed E-state index contributed by atoms with van der Waals surface area (Å²) in [4.78, 5) is 13.9. The van der Waals surface area contributed by atoms with Gasteiger partial charge in [-0.15, -0.1) is 0 Å². The molecule has 1 unspecified atom stereocenters. The zero-order valence-electron chi connectivity index (χ0n) is 27.3. The first-order valence-electron chi connectivity index (χ1n) is 15.2. The van der Waals surface area contributed by atoms with Crippen molar-refractivity contribution in [3.63, 3.8) is 0 Å². The van der Waals surface area contributed by atoms with Gasteiger partial charge in [0.1, 0.15) is 17.4 Å². The molecule has 2 N–H and O–H groups in total. The van der Waals surface area contributed by atoms with E-state index in [4.69, 9.17) is 4.74 Å². The van der Waals surface area contributed by atoms with Gasteiger partial charge in [-0.3, -0.25) is 4.79 Å². The molecule has 0 spiro atoms. The predicted octanol–water partition coefficient (Wildman–Crippen LogP) is 9.29. The van der Waals surface area contributed by atoms with Gasteiger partial charge in [0.25, 0.3) is 5.91 Å². The van der Waals surface area contributed by atoms with Crippen LogP contribution in [-0.2, 0) is 23.7 Å². The molecular formula is C36H31F10NO4. The van der Waals surface area contributed by atoms with Gasteiger partial charge in [0, 0.05) is 18.1 Å². The average Bonchev–Trinajstić information content (AvgIpc) is 3.00. The van der Waals surface area contributed by atoms with E-state index < -0.39 is 93.9 Å². The van der Waals surface area contributed by atoms with Crippen LogP contribution < -0.4 is 14.8 Å². The molecule has 15 heteroatoms. The van der Waals surface area contributed by atoms with E-state index in [1.54, 1.807) is 13.8 Å². The van der Waals surface area contributed by atoms with Crippen LogP contribution in [0.2, 0.25) is 0 Å². The third-order valence-electron chi connectivity index (χ3n) is 7.65. The van der Waals surface area contributed by atoms with E-state index in [2.05, 4.69) is 10.1 Å². The molecule has 0 aliphatic heterocycles. The number of amides is 1. The number of nitrogens with one attached hydrogen (secondary N) is 1. The lowest BCUT2D eigenvalue weighted by atomic mass is 9.77. The van der Waals surface area contributed by atoms with E-state index in [1.807, 2.05) is 0 Å². The number of hydrogen-bond donors (Lipinski definition) is 2. The van der Waals surface area contributed by atoms with Gasteiger partial charge in [0.05, 0.1) is 22.8 Å². The molecule has 4 rings (SSSR count). The number of benzene rings is 4. The van der Waals surface area contributed by atoms with Crippen molar-refractivity contribution >= 4 is 5.91 Å².